The summed E-state index contributed by atoms with van der Waals surface area (Å²) in [6.45, 7) is 14.8. The van der Waals surface area contributed by atoms with Crippen molar-refractivity contribution in [3.63, 3.8) is 0 Å². The van der Waals surface area contributed by atoms with Crippen molar-refractivity contribution in [2.45, 2.75) is 91.6 Å². The lowest BCUT2D eigenvalue weighted by atomic mass is 9.82. The summed E-state index contributed by atoms with van der Waals surface area (Å²) in [7, 11) is -0.360. The summed E-state index contributed by atoms with van der Waals surface area (Å²) < 4.78 is 14.1. The van der Waals surface area contributed by atoms with Gasteiger partial charge < -0.3 is 19.6 Å². The third-order valence-electron chi connectivity index (χ3n) is 4.96. The summed E-state index contributed by atoms with van der Waals surface area (Å²) in [6.07, 6.45) is 5.65. The fourth-order valence-corrected chi connectivity index (χ4v) is 2.77. The number of aromatic nitrogens is 2. The van der Waals surface area contributed by atoms with Crippen molar-refractivity contribution >= 4 is 12.6 Å². The average Bonchev–Trinajstić information content (AvgIpc) is 3.01. The highest BCUT2D eigenvalue weighted by molar-refractivity contribution is 6.62. The van der Waals surface area contributed by atoms with E-state index < -0.39 is 5.60 Å². The highest BCUT2D eigenvalue weighted by atomic mass is 16.7. The predicted octanol–water partition coefficient (Wildman–Crippen LogP) is 2.62. The van der Waals surface area contributed by atoms with Crippen LogP contribution in [-0.4, -0.2) is 62.2 Å². The second kappa shape index (κ2) is 8.61. The Bertz CT molecular complexity index is 568. The van der Waals surface area contributed by atoms with Gasteiger partial charge in [0, 0.05) is 30.9 Å². The Balaban J connectivity index is 0.000000542. The first-order chi connectivity index (χ1) is 11.8. The SMILES string of the molecule is C.CC(C)(C)O.CC1(C)OB(c2cnn(C3CCN(O)CC3)c2)OC1(C)C. The van der Waals surface area contributed by atoms with Crippen molar-refractivity contribution in [2.75, 3.05) is 13.1 Å². The zero-order chi connectivity index (χ0) is 19.8. The third kappa shape index (κ3) is 6.57. The van der Waals surface area contributed by atoms with Gasteiger partial charge in [0.25, 0.3) is 0 Å². The van der Waals surface area contributed by atoms with E-state index in [1.54, 1.807) is 20.8 Å². The number of hydrogen-bond acceptors (Lipinski definition) is 6. The average molecular weight is 383 g/mol. The number of piperidine rings is 1. The van der Waals surface area contributed by atoms with E-state index in [0.717, 1.165) is 18.3 Å². The van der Waals surface area contributed by atoms with Crippen molar-refractivity contribution in [1.82, 2.24) is 14.8 Å². The summed E-state index contributed by atoms with van der Waals surface area (Å²) in [5, 5.41) is 23.8. The highest BCUT2D eigenvalue weighted by Crippen LogP contribution is 2.36. The molecule has 2 fully saturated rings. The summed E-state index contributed by atoms with van der Waals surface area (Å²) >= 11 is 0. The smallest absolute Gasteiger partial charge is 0.399 e. The number of hydrogen-bond donors (Lipinski definition) is 2. The number of rotatable bonds is 2. The van der Waals surface area contributed by atoms with Gasteiger partial charge in [-0.25, -0.2) is 0 Å². The molecule has 27 heavy (non-hydrogen) atoms. The predicted molar refractivity (Wildman–Crippen MR) is 108 cm³/mol. The molecule has 0 amide bonds. The van der Waals surface area contributed by atoms with Crippen molar-refractivity contribution in [3.05, 3.63) is 12.4 Å². The van der Waals surface area contributed by atoms with Gasteiger partial charge in [0.05, 0.1) is 22.8 Å². The Morgan fingerprint density at radius 1 is 1.11 bits per heavy atom. The molecule has 0 aromatic carbocycles. The zero-order valence-electron chi connectivity index (χ0n) is 17.2. The first-order valence-corrected chi connectivity index (χ1v) is 9.34. The maximum Gasteiger partial charge on any atom is 0.498 e. The monoisotopic (exact) mass is 383 g/mol. The third-order valence-corrected chi connectivity index (χ3v) is 4.96. The van der Waals surface area contributed by atoms with E-state index in [1.807, 2.05) is 44.8 Å². The molecule has 2 aliphatic heterocycles. The number of nitrogens with zero attached hydrogens (tertiary/aromatic N) is 3. The molecule has 156 valence electrons. The van der Waals surface area contributed by atoms with Crippen LogP contribution in [0.4, 0.5) is 0 Å². The fraction of sp³-hybridized carbons (Fsp3) is 0.842. The van der Waals surface area contributed by atoms with Crippen molar-refractivity contribution < 1.29 is 19.6 Å². The summed E-state index contributed by atoms with van der Waals surface area (Å²) in [5.41, 5.74) is -0.204. The van der Waals surface area contributed by atoms with Crippen molar-refractivity contribution in [2.24, 2.45) is 0 Å². The van der Waals surface area contributed by atoms with Crippen LogP contribution in [0.1, 0.15) is 74.8 Å². The van der Waals surface area contributed by atoms with Crippen molar-refractivity contribution in [3.8, 4) is 0 Å². The quantitative estimate of drug-likeness (QED) is 0.765. The normalized spacial score (nSPS) is 22.8. The molecule has 0 atom stereocenters. The van der Waals surface area contributed by atoms with Gasteiger partial charge >= 0.3 is 7.12 Å². The minimum atomic E-state index is -0.500. The standard InChI is InChI=1S/C14H24BN3O3.C4H10O.CH4/c1-13(2)14(3,4)21-15(20-13)11-9-16-18(10-11)12-5-7-17(19)8-6-12;1-4(2,3)5;/h9-10,12,19H,5-8H2,1-4H3;5H,1-3H3;1H4. The lowest BCUT2D eigenvalue weighted by Gasteiger charge is -2.32. The van der Waals surface area contributed by atoms with Gasteiger partial charge in [-0.2, -0.15) is 10.2 Å². The molecule has 0 unspecified atom stereocenters. The molecule has 0 aliphatic carbocycles. The molecule has 0 bridgehead atoms. The van der Waals surface area contributed by atoms with Gasteiger partial charge in [-0.15, -0.1) is 0 Å². The summed E-state index contributed by atoms with van der Waals surface area (Å²) in [6, 6.07) is 0.338. The van der Waals surface area contributed by atoms with Crippen LogP contribution in [0, 0.1) is 0 Å². The van der Waals surface area contributed by atoms with Gasteiger partial charge in [0.2, 0.25) is 0 Å². The molecular formula is C19H38BN3O4. The molecule has 3 rings (SSSR count). The van der Waals surface area contributed by atoms with Crippen LogP contribution in [0.2, 0.25) is 0 Å². The van der Waals surface area contributed by atoms with E-state index >= 15 is 0 Å². The van der Waals surface area contributed by atoms with Crippen LogP contribution in [0.5, 0.6) is 0 Å². The van der Waals surface area contributed by atoms with Gasteiger partial charge in [-0.3, -0.25) is 4.68 Å². The maximum absolute atomic E-state index is 9.43. The Morgan fingerprint density at radius 3 is 2.00 bits per heavy atom. The van der Waals surface area contributed by atoms with E-state index in [1.165, 1.54) is 5.06 Å². The molecule has 7 nitrogen and oxygen atoms in total. The van der Waals surface area contributed by atoms with Gasteiger partial charge in [0.15, 0.2) is 0 Å². The van der Waals surface area contributed by atoms with Crippen molar-refractivity contribution in [1.29, 1.82) is 0 Å². The van der Waals surface area contributed by atoms with Crippen LogP contribution >= 0.6 is 0 Å². The number of aliphatic hydroxyl groups is 1. The molecule has 0 saturated carbocycles. The van der Waals surface area contributed by atoms with Crippen LogP contribution in [0.3, 0.4) is 0 Å². The minimum absolute atomic E-state index is 0. The Labute approximate surface area is 164 Å². The molecule has 8 heteroatoms. The van der Waals surface area contributed by atoms with E-state index in [9.17, 15) is 5.21 Å². The maximum atomic E-state index is 9.43. The van der Waals surface area contributed by atoms with Gasteiger partial charge in [-0.05, 0) is 61.3 Å². The van der Waals surface area contributed by atoms with Gasteiger partial charge in [-0.1, -0.05) is 7.43 Å². The Kier molecular flexibility index (Phi) is 7.69. The Hall–Kier alpha value is -0.925. The second-order valence-electron chi connectivity index (χ2n) is 9.20. The van der Waals surface area contributed by atoms with Crippen LogP contribution < -0.4 is 5.46 Å². The van der Waals surface area contributed by atoms with Crippen LogP contribution in [0.25, 0.3) is 0 Å². The lowest BCUT2D eigenvalue weighted by Crippen LogP contribution is -2.41. The fourth-order valence-electron chi connectivity index (χ4n) is 2.77. The molecule has 0 radical (unpaired) electrons. The van der Waals surface area contributed by atoms with E-state index in [-0.39, 0.29) is 25.7 Å². The Morgan fingerprint density at radius 2 is 1.56 bits per heavy atom. The second-order valence-corrected chi connectivity index (χ2v) is 9.20. The minimum Gasteiger partial charge on any atom is -0.399 e. The van der Waals surface area contributed by atoms with Gasteiger partial charge in [0.1, 0.15) is 0 Å². The summed E-state index contributed by atoms with van der Waals surface area (Å²) in [5.74, 6) is 0. The number of hydroxylamine groups is 2. The van der Waals surface area contributed by atoms with E-state index in [2.05, 4.69) is 5.10 Å². The molecule has 2 N–H and O–H groups in total. The first kappa shape index (κ1) is 24.1. The largest absolute Gasteiger partial charge is 0.498 e. The molecular weight excluding hydrogens is 345 g/mol. The topological polar surface area (TPSA) is 80.0 Å². The molecule has 2 saturated heterocycles. The lowest BCUT2D eigenvalue weighted by molar-refractivity contribution is -0.111. The molecule has 2 aliphatic rings. The van der Waals surface area contributed by atoms with Crippen LogP contribution in [0.15, 0.2) is 12.4 Å². The zero-order valence-corrected chi connectivity index (χ0v) is 17.2. The highest BCUT2D eigenvalue weighted by Gasteiger charge is 2.52. The molecule has 0 spiro atoms. The molecule has 1 aromatic heterocycles. The molecule has 1 aromatic rings. The summed E-state index contributed by atoms with van der Waals surface area (Å²) in [4.78, 5) is 0. The van der Waals surface area contributed by atoms with E-state index in [0.29, 0.717) is 19.1 Å². The van der Waals surface area contributed by atoms with Crippen LogP contribution in [-0.2, 0) is 9.31 Å². The first-order valence-electron chi connectivity index (χ1n) is 9.34. The van der Waals surface area contributed by atoms with E-state index in [4.69, 9.17) is 14.4 Å². The molecule has 3 heterocycles.